The molecular weight excluding hydrogens is 623 g/mol. The normalized spacial score (nSPS) is 13.5. The van der Waals surface area contributed by atoms with E-state index in [1.165, 1.54) is 39.4 Å². The maximum atomic E-state index is 12.6. The summed E-state index contributed by atoms with van der Waals surface area (Å²) in [6.07, 6.45) is 4.70. The number of amides is 2. The van der Waals surface area contributed by atoms with Crippen molar-refractivity contribution in [3.05, 3.63) is 82.7 Å². The lowest BCUT2D eigenvalue weighted by Crippen LogP contribution is -2.39. The van der Waals surface area contributed by atoms with Gasteiger partial charge in [-0.05, 0) is 48.9 Å². The number of hydrogen-bond acceptors (Lipinski definition) is 12. The molecule has 0 bridgehead atoms. The van der Waals surface area contributed by atoms with E-state index in [2.05, 4.69) is 83.6 Å². The van der Waals surface area contributed by atoms with Crippen molar-refractivity contribution in [2.45, 2.75) is 58.5 Å². The average molecular weight is 658 g/mol. The number of nitrogens with zero attached hydrogens (tertiary/aromatic N) is 8. The minimum Gasteiger partial charge on any atom is -0.357 e. The molecule has 0 radical (unpaired) electrons. The van der Waals surface area contributed by atoms with E-state index in [-0.39, 0.29) is 30.7 Å². The minimum absolute atomic E-state index is 0.122. The van der Waals surface area contributed by atoms with Crippen molar-refractivity contribution in [2.75, 3.05) is 33.9 Å². The van der Waals surface area contributed by atoms with Gasteiger partial charge in [0.2, 0.25) is 32.3 Å². The molecule has 238 valence electrons. The molecule has 4 heterocycles. The van der Waals surface area contributed by atoms with Crippen LogP contribution in [0.5, 0.6) is 0 Å². The first kappa shape index (κ1) is 31.2. The molecule has 0 saturated carbocycles. The Morgan fingerprint density at radius 1 is 0.826 bits per heavy atom. The first-order chi connectivity index (χ1) is 22.4. The summed E-state index contributed by atoms with van der Waals surface area (Å²) in [6.45, 7) is 6.42. The molecule has 1 fully saturated rings. The molecule has 1 aliphatic rings. The fraction of sp³-hybridized carbons (Fsp3) is 0.355. The molecule has 13 nitrogen and oxygen atoms in total. The number of hydrogen-bond donors (Lipinski definition) is 3. The fourth-order valence-electron chi connectivity index (χ4n) is 5.27. The molecule has 0 unspecified atom stereocenters. The highest BCUT2D eigenvalue weighted by Crippen LogP contribution is 2.29. The number of benzene rings is 2. The minimum atomic E-state index is -0.136. The van der Waals surface area contributed by atoms with Gasteiger partial charge < -0.3 is 20.9 Å². The van der Waals surface area contributed by atoms with Crippen molar-refractivity contribution in [3.63, 3.8) is 0 Å². The topological polar surface area (TPSA) is 156 Å². The molecule has 0 atom stereocenters. The average Bonchev–Trinajstić information content (AvgIpc) is 3.81. The molecule has 3 aromatic heterocycles. The van der Waals surface area contributed by atoms with Crippen LogP contribution in [0.2, 0.25) is 0 Å². The van der Waals surface area contributed by atoms with Gasteiger partial charge in [-0.3, -0.25) is 9.59 Å². The summed E-state index contributed by atoms with van der Waals surface area (Å²) in [5, 5.41) is 36.9. The number of carbonyl (C=O) groups is 2. The number of rotatable bonds is 12. The van der Waals surface area contributed by atoms with Crippen molar-refractivity contribution < 1.29 is 9.59 Å². The van der Waals surface area contributed by atoms with Crippen molar-refractivity contribution >= 4 is 55.0 Å². The summed E-state index contributed by atoms with van der Waals surface area (Å²) in [6, 6.07) is 16.1. The van der Waals surface area contributed by atoms with E-state index >= 15 is 0 Å². The Morgan fingerprint density at radius 2 is 1.52 bits per heavy atom. The Bertz CT molecular complexity index is 1760. The van der Waals surface area contributed by atoms with Gasteiger partial charge in [-0.15, -0.1) is 25.5 Å². The van der Waals surface area contributed by atoms with Gasteiger partial charge in [0.25, 0.3) is 0 Å². The quantitative estimate of drug-likeness (QED) is 0.175. The van der Waals surface area contributed by atoms with E-state index in [0.717, 1.165) is 42.3 Å². The molecule has 1 aliphatic heterocycles. The maximum Gasteiger partial charge on any atom is 0.230 e. The Morgan fingerprint density at radius 3 is 2.30 bits per heavy atom. The summed E-state index contributed by atoms with van der Waals surface area (Å²) in [5.41, 5.74) is 5.39. The van der Waals surface area contributed by atoms with Gasteiger partial charge in [-0.2, -0.15) is 0 Å². The van der Waals surface area contributed by atoms with E-state index in [1.807, 2.05) is 41.2 Å². The zero-order valence-electron chi connectivity index (χ0n) is 25.6. The van der Waals surface area contributed by atoms with Gasteiger partial charge in [0.1, 0.15) is 0 Å². The summed E-state index contributed by atoms with van der Waals surface area (Å²) in [4.78, 5) is 27.1. The first-order valence-electron chi connectivity index (χ1n) is 15.1. The number of aryl methyl sites for hydroxylation is 3. The smallest absolute Gasteiger partial charge is 0.230 e. The van der Waals surface area contributed by atoms with Crippen LogP contribution in [0.3, 0.4) is 0 Å². The molecule has 15 heteroatoms. The van der Waals surface area contributed by atoms with Gasteiger partial charge in [0.15, 0.2) is 0 Å². The lowest BCUT2D eigenvalue weighted by Gasteiger charge is -2.31. The molecular formula is C31H35N11O2S2. The number of anilines is 4. The van der Waals surface area contributed by atoms with Crippen LogP contribution in [0.1, 0.15) is 47.2 Å². The Kier molecular flexibility index (Phi) is 9.88. The van der Waals surface area contributed by atoms with Gasteiger partial charge >= 0.3 is 0 Å². The van der Waals surface area contributed by atoms with Gasteiger partial charge in [0.05, 0.1) is 18.7 Å². The Hall–Kier alpha value is -4.76. The summed E-state index contributed by atoms with van der Waals surface area (Å²) < 4.78 is 1.82. The molecule has 2 amide bonds. The standard InChI is InChI=1S/C31H35N11O2S2/c1-20-7-6-8-21(2)25(20)19-42-18-24(35-40-42)11-12-26(43)33-30-38-39-31(46-30)41-15-13-23(14-16-41)32-28-36-37-29(45-28)34-27(44)17-22-9-4-3-5-10-22/h3-10,18,23H,11-17,19H2,1-2H3,(H,32,36)(H,33,38,43)(H,34,37,44). The van der Waals surface area contributed by atoms with Crippen molar-refractivity contribution in [1.29, 1.82) is 0 Å². The third-order valence-corrected chi connectivity index (χ3v) is 9.46. The summed E-state index contributed by atoms with van der Waals surface area (Å²) in [7, 11) is 0. The molecule has 46 heavy (non-hydrogen) atoms. The molecule has 5 aromatic rings. The number of nitrogens with one attached hydrogen (secondary N) is 3. The van der Waals surface area contributed by atoms with Gasteiger partial charge in [-0.1, -0.05) is 76.4 Å². The van der Waals surface area contributed by atoms with E-state index < -0.39 is 0 Å². The van der Waals surface area contributed by atoms with Crippen molar-refractivity contribution in [3.8, 4) is 0 Å². The third-order valence-electron chi connectivity index (χ3n) is 7.79. The lowest BCUT2D eigenvalue weighted by molar-refractivity contribution is -0.116. The third kappa shape index (κ3) is 8.28. The summed E-state index contributed by atoms with van der Waals surface area (Å²) >= 11 is 2.70. The predicted molar refractivity (Wildman–Crippen MR) is 179 cm³/mol. The molecule has 0 spiro atoms. The zero-order chi connectivity index (χ0) is 31.9. The molecule has 0 aliphatic carbocycles. The maximum absolute atomic E-state index is 12.6. The predicted octanol–water partition coefficient (Wildman–Crippen LogP) is 4.48. The summed E-state index contributed by atoms with van der Waals surface area (Å²) in [5.74, 6) is -0.258. The van der Waals surface area contributed by atoms with E-state index in [9.17, 15) is 9.59 Å². The second-order valence-electron chi connectivity index (χ2n) is 11.2. The van der Waals surface area contributed by atoms with E-state index in [1.54, 1.807) is 0 Å². The van der Waals surface area contributed by atoms with Crippen LogP contribution in [-0.2, 0) is 29.0 Å². The molecule has 2 aromatic carbocycles. The lowest BCUT2D eigenvalue weighted by atomic mass is 10.0. The number of piperidine rings is 1. The highest BCUT2D eigenvalue weighted by molar-refractivity contribution is 7.19. The van der Waals surface area contributed by atoms with Crippen molar-refractivity contribution in [2.24, 2.45) is 0 Å². The van der Waals surface area contributed by atoms with Gasteiger partial charge in [0, 0.05) is 38.2 Å². The van der Waals surface area contributed by atoms with E-state index in [0.29, 0.717) is 28.4 Å². The van der Waals surface area contributed by atoms with Crippen molar-refractivity contribution in [1.82, 2.24) is 35.4 Å². The molecule has 3 N–H and O–H groups in total. The molecule has 1 saturated heterocycles. The Labute approximate surface area is 274 Å². The van der Waals surface area contributed by atoms with Crippen LogP contribution in [0.25, 0.3) is 0 Å². The largest absolute Gasteiger partial charge is 0.357 e. The Balaban J connectivity index is 0.913. The number of aromatic nitrogens is 7. The number of carbonyl (C=O) groups excluding carboxylic acids is 2. The molecule has 6 rings (SSSR count). The second-order valence-corrected chi connectivity index (χ2v) is 13.2. The highest BCUT2D eigenvalue weighted by atomic mass is 32.1. The van der Waals surface area contributed by atoms with E-state index in [4.69, 9.17) is 0 Å². The monoisotopic (exact) mass is 657 g/mol. The van der Waals surface area contributed by atoms with Crippen LogP contribution in [-0.4, -0.2) is 66.3 Å². The van der Waals surface area contributed by atoms with Crippen LogP contribution in [0.4, 0.5) is 20.5 Å². The van der Waals surface area contributed by atoms with Crippen LogP contribution >= 0.6 is 22.7 Å². The highest BCUT2D eigenvalue weighted by Gasteiger charge is 2.23. The zero-order valence-corrected chi connectivity index (χ0v) is 27.3. The fourth-order valence-corrected chi connectivity index (χ4v) is 6.82. The first-order valence-corrected chi connectivity index (χ1v) is 16.8. The van der Waals surface area contributed by atoms with Crippen LogP contribution in [0, 0.1) is 13.8 Å². The second kappa shape index (κ2) is 14.6. The van der Waals surface area contributed by atoms with Crippen LogP contribution < -0.4 is 20.9 Å². The van der Waals surface area contributed by atoms with Gasteiger partial charge in [-0.25, -0.2) is 4.68 Å². The SMILES string of the molecule is Cc1cccc(C)c1Cn1cc(CCC(=O)Nc2nnc(N3CCC(Nc4nnc(NC(=O)Cc5ccccc5)s4)CC3)s2)nn1. The van der Waals surface area contributed by atoms with Crippen LogP contribution in [0.15, 0.2) is 54.7 Å².